The highest BCUT2D eigenvalue weighted by atomic mass is 16.6. The summed E-state index contributed by atoms with van der Waals surface area (Å²) in [6, 6.07) is 6.50. The maximum absolute atomic E-state index is 12.8. The molecule has 1 saturated carbocycles. The molecule has 152 valence electrons. The lowest BCUT2D eigenvalue weighted by atomic mass is 9.73. The van der Waals surface area contributed by atoms with Crippen LogP contribution >= 0.6 is 0 Å². The van der Waals surface area contributed by atoms with Gasteiger partial charge in [0, 0.05) is 0 Å². The van der Waals surface area contributed by atoms with Crippen molar-refractivity contribution in [2.45, 2.75) is 38.1 Å². The Kier molecular flexibility index (Phi) is 6.06. The van der Waals surface area contributed by atoms with E-state index in [-0.39, 0.29) is 31.6 Å². The van der Waals surface area contributed by atoms with E-state index in [2.05, 4.69) is 5.32 Å². The van der Waals surface area contributed by atoms with Crippen molar-refractivity contribution in [3.63, 3.8) is 0 Å². The van der Waals surface area contributed by atoms with Gasteiger partial charge in [0.2, 0.25) is 0 Å². The Balaban J connectivity index is 1.45. The Morgan fingerprint density at radius 3 is 2.57 bits per heavy atom. The number of carbonyl (C=O) groups excluding carboxylic acids is 3. The molecule has 2 fully saturated rings. The zero-order valence-electron chi connectivity index (χ0n) is 16.2. The standard InChI is InChI=1S/C20H26N2O6/c1-14-5-3-4-10-20(14)18(24)22(19(25)21-20)13-17(23)28-12-11-27-16-8-6-15(26-2)7-9-16/h6-9,14H,3-5,10-13H2,1-2H3,(H,21,25)/t14-,20-/m1/s1. The number of nitrogens with zero attached hydrogens (tertiary/aromatic N) is 1. The molecule has 1 N–H and O–H groups in total. The van der Waals surface area contributed by atoms with E-state index in [0.29, 0.717) is 12.2 Å². The number of hydrogen-bond donors (Lipinski definition) is 1. The highest BCUT2D eigenvalue weighted by molar-refractivity contribution is 6.08. The van der Waals surface area contributed by atoms with Crippen molar-refractivity contribution >= 4 is 17.9 Å². The summed E-state index contributed by atoms with van der Waals surface area (Å²) in [5.41, 5.74) is -0.868. The van der Waals surface area contributed by atoms with Crippen LogP contribution in [-0.4, -0.2) is 55.2 Å². The van der Waals surface area contributed by atoms with Crippen molar-refractivity contribution in [2.24, 2.45) is 5.92 Å². The summed E-state index contributed by atoms with van der Waals surface area (Å²) in [6.45, 7) is 1.77. The first-order chi connectivity index (χ1) is 13.5. The van der Waals surface area contributed by atoms with Crippen LogP contribution in [0.4, 0.5) is 4.79 Å². The molecule has 1 heterocycles. The average Bonchev–Trinajstić information content (AvgIpc) is 2.93. The monoisotopic (exact) mass is 390 g/mol. The normalized spacial score (nSPS) is 24.2. The van der Waals surface area contributed by atoms with Gasteiger partial charge in [-0.1, -0.05) is 19.8 Å². The first kappa shape index (κ1) is 20.0. The zero-order valence-corrected chi connectivity index (χ0v) is 16.2. The van der Waals surface area contributed by atoms with E-state index in [0.717, 1.165) is 29.9 Å². The second-order valence-electron chi connectivity index (χ2n) is 7.18. The van der Waals surface area contributed by atoms with Crippen LogP contribution in [0.1, 0.15) is 32.6 Å². The Hall–Kier alpha value is -2.77. The largest absolute Gasteiger partial charge is 0.497 e. The molecule has 8 nitrogen and oxygen atoms in total. The van der Waals surface area contributed by atoms with E-state index in [1.54, 1.807) is 31.4 Å². The first-order valence-corrected chi connectivity index (χ1v) is 9.53. The molecule has 1 aliphatic carbocycles. The minimum Gasteiger partial charge on any atom is -0.497 e. The molecule has 1 aliphatic heterocycles. The van der Waals surface area contributed by atoms with Crippen LogP contribution in [0.3, 0.4) is 0 Å². The summed E-state index contributed by atoms with van der Waals surface area (Å²) in [6.07, 6.45) is 3.42. The molecular formula is C20H26N2O6. The third kappa shape index (κ3) is 4.05. The van der Waals surface area contributed by atoms with Gasteiger partial charge in [-0.25, -0.2) is 4.79 Å². The predicted molar refractivity (Wildman–Crippen MR) is 100 cm³/mol. The molecule has 2 aliphatic rings. The second-order valence-corrected chi connectivity index (χ2v) is 7.18. The number of esters is 1. The number of amides is 3. The molecule has 8 heteroatoms. The van der Waals surface area contributed by atoms with Gasteiger partial charge in [-0.2, -0.15) is 0 Å². The Morgan fingerprint density at radius 2 is 1.89 bits per heavy atom. The number of imide groups is 1. The minimum absolute atomic E-state index is 0.0239. The van der Waals surface area contributed by atoms with E-state index < -0.39 is 17.5 Å². The third-order valence-corrected chi connectivity index (χ3v) is 5.46. The fourth-order valence-corrected chi connectivity index (χ4v) is 3.80. The summed E-state index contributed by atoms with van der Waals surface area (Å²) in [7, 11) is 1.58. The maximum Gasteiger partial charge on any atom is 0.326 e. The molecule has 0 aromatic heterocycles. The van der Waals surface area contributed by atoms with Crippen LogP contribution in [0.25, 0.3) is 0 Å². The van der Waals surface area contributed by atoms with Crippen molar-refractivity contribution in [2.75, 3.05) is 26.9 Å². The minimum atomic E-state index is -0.868. The van der Waals surface area contributed by atoms with Crippen LogP contribution in [-0.2, 0) is 14.3 Å². The molecule has 1 aromatic carbocycles. The van der Waals surface area contributed by atoms with Crippen LogP contribution in [0.5, 0.6) is 11.5 Å². The van der Waals surface area contributed by atoms with Crippen LogP contribution in [0, 0.1) is 5.92 Å². The second kappa shape index (κ2) is 8.50. The Bertz CT molecular complexity index is 735. The van der Waals surface area contributed by atoms with Gasteiger partial charge in [0.05, 0.1) is 7.11 Å². The van der Waals surface area contributed by atoms with Crippen LogP contribution in [0.2, 0.25) is 0 Å². The average molecular weight is 390 g/mol. The first-order valence-electron chi connectivity index (χ1n) is 9.53. The van der Waals surface area contributed by atoms with Gasteiger partial charge < -0.3 is 19.5 Å². The molecule has 3 rings (SSSR count). The van der Waals surface area contributed by atoms with E-state index in [9.17, 15) is 14.4 Å². The van der Waals surface area contributed by atoms with E-state index >= 15 is 0 Å². The SMILES string of the molecule is COc1ccc(OCCOC(=O)CN2C(=O)N[C@@]3(CCCC[C@H]3C)C2=O)cc1. The molecule has 0 unspecified atom stereocenters. The Morgan fingerprint density at radius 1 is 1.18 bits per heavy atom. The van der Waals surface area contributed by atoms with Crippen molar-refractivity contribution in [3.8, 4) is 11.5 Å². The molecule has 3 amide bonds. The molecule has 1 saturated heterocycles. The fraction of sp³-hybridized carbons (Fsp3) is 0.550. The van der Waals surface area contributed by atoms with Gasteiger partial charge in [-0.15, -0.1) is 0 Å². The molecule has 0 radical (unpaired) electrons. The molecule has 28 heavy (non-hydrogen) atoms. The number of ether oxygens (including phenoxy) is 3. The number of urea groups is 1. The maximum atomic E-state index is 12.8. The number of methoxy groups -OCH3 is 1. The van der Waals surface area contributed by atoms with Crippen molar-refractivity contribution in [1.29, 1.82) is 0 Å². The van der Waals surface area contributed by atoms with E-state index in [4.69, 9.17) is 14.2 Å². The summed E-state index contributed by atoms with van der Waals surface area (Å²) in [5.74, 6) is 0.437. The predicted octanol–water partition coefficient (Wildman–Crippen LogP) is 2.12. The van der Waals surface area contributed by atoms with E-state index in [1.807, 2.05) is 6.92 Å². The highest BCUT2D eigenvalue weighted by Gasteiger charge is 2.55. The van der Waals surface area contributed by atoms with Gasteiger partial charge in [-0.3, -0.25) is 14.5 Å². The van der Waals surface area contributed by atoms with Crippen LogP contribution in [0.15, 0.2) is 24.3 Å². The van der Waals surface area contributed by atoms with Gasteiger partial charge in [0.25, 0.3) is 5.91 Å². The molecule has 0 bridgehead atoms. The van der Waals surface area contributed by atoms with Gasteiger partial charge >= 0.3 is 12.0 Å². The van der Waals surface area contributed by atoms with Gasteiger partial charge in [0.15, 0.2) is 0 Å². The quantitative estimate of drug-likeness (QED) is 0.435. The smallest absolute Gasteiger partial charge is 0.326 e. The summed E-state index contributed by atoms with van der Waals surface area (Å²) >= 11 is 0. The zero-order chi connectivity index (χ0) is 20.1. The number of hydrogen-bond acceptors (Lipinski definition) is 6. The lowest BCUT2D eigenvalue weighted by molar-refractivity contribution is -0.149. The van der Waals surface area contributed by atoms with Gasteiger partial charge in [-0.05, 0) is 43.0 Å². The molecular weight excluding hydrogens is 364 g/mol. The molecule has 1 aromatic rings. The van der Waals surface area contributed by atoms with E-state index in [1.165, 1.54) is 0 Å². The fourth-order valence-electron chi connectivity index (χ4n) is 3.80. The van der Waals surface area contributed by atoms with Crippen molar-refractivity contribution in [3.05, 3.63) is 24.3 Å². The van der Waals surface area contributed by atoms with Gasteiger partial charge in [0.1, 0.15) is 36.8 Å². The summed E-state index contributed by atoms with van der Waals surface area (Å²) < 4.78 is 15.7. The highest BCUT2D eigenvalue weighted by Crippen LogP contribution is 2.38. The lowest BCUT2D eigenvalue weighted by Gasteiger charge is -2.36. The summed E-state index contributed by atoms with van der Waals surface area (Å²) in [4.78, 5) is 38.1. The van der Waals surface area contributed by atoms with Crippen LogP contribution < -0.4 is 14.8 Å². The molecule has 1 spiro atoms. The number of nitrogens with one attached hydrogen (secondary N) is 1. The summed E-state index contributed by atoms with van der Waals surface area (Å²) in [5, 5.41) is 2.82. The number of carbonyl (C=O) groups is 3. The molecule has 2 atom stereocenters. The lowest BCUT2D eigenvalue weighted by Crippen LogP contribution is -2.54. The van der Waals surface area contributed by atoms with Crippen molar-refractivity contribution in [1.82, 2.24) is 10.2 Å². The number of benzene rings is 1. The van der Waals surface area contributed by atoms with Crippen molar-refractivity contribution < 1.29 is 28.6 Å². The topological polar surface area (TPSA) is 94.2 Å². The Labute approximate surface area is 164 Å². The number of rotatable bonds is 7. The third-order valence-electron chi connectivity index (χ3n) is 5.46.